The molecule has 3 rings (SSSR count). The Morgan fingerprint density at radius 2 is 1.86 bits per heavy atom. The summed E-state index contributed by atoms with van der Waals surface area (Å²) in [6.45, 7) is 8.15. The summed E-state index contributed by atoms with van der Waals surface area (Å²) < 4.78 is 5.25. The van der Waals surface area contributed by atoms with Gasteiger partial charge in [0.15, 0.2) is 0 Å². The molecule has 108 valence electrons. The molecular formula is C16H17N3OS. The Kier molecular flexibility index (Phi) is 3.29. The summed E-state index contributed by atoms with van der Waals surface area (Å²) in [6, 6.07) is 6.26. The van der Waals surface area contributed by atoms with E-state index in [1.807, 2.05) is 13.8 Å². The zero-order valence-corrected chi connectivity index (χ0v) is 13.3. The molecule has 1 aromatic carbocycles. The predicted octanol–water partition coefficient (Wildman–Crippen LogP) is 4.28. The van der Waals surface area contributed by atoms with Gasteiger partial charge >= 0.3 is 0 Å². The molecule has 0 unspecified atom stereocenters. The van der Waals surface area contributed by atoms with Crippen molar-refractivity contribution in [3.63, 3.8) is 0 Å². The lowest BCUT2D eigenvalue weighted by molar-refractivity contribution is 0.439. The quantitative estimate of drug-likeness (QED) is 0.767. The monoisotopic (exact) mass is 299 g/mol. The lowest BCUT2D eigenvalue weighted by Crippen LogP contribution is -1.89. The molecule has 0 saturated heterocycles. The van der Waals surface area contributed by atoms with Crippen LogP contribution in [-0.4, -0.2) is 10.1 Å². The highest BCUT2D eigenvalue weighted by Crippen LogP contribution is 2.40. The summed E-state index contributed by atoms with van der Waals surface area (Å²) in [7, 11) is 0. The van der Waals surface area contributed by atoms with Crippen LogP contribution >= 0.6 is 11.3 Å². The number of aromatic nitrogens is 2. The Hall–Kier alpha value is -2.14. The second kappa shape index (κ2) is 5.00. The molecule has 2 heterocycles. The molecule has 3 aromatic rings. The van der Waals surface area contributed by atoms with E-state index >= 15 is 0 Å². The van der Waals surface area contributed by atoms with E-state index in [1.54, 1.807) is 11.3 Å². The minimum absolute atomic E-state index is 0.346. The van der Waals surface area contributed by atoms with Crippen LogP contribution < -0.4 is 5.73 Å². The lowest BCUT2D eigenvalue weighted by atomic mass is 9.99. The van der Waals surface area contributed by atoms with E-state index in [1.165, 1.54) is 11.1 Å². The van der Waals surface area contributed by atoms with Crippen molar-refractivity contribution in [3.05, 3.63) is 40.0 Å². The smallest absolute Gasteiger partial charge is 0.230 e. The summed E-state index contributed by atoms with van der Waals surface area (Å²) in [6.07, 6.45) is 0. The van der Waals surface area contributed by atoms with Crippen molar-refractivity contribution >= 4 is 17.2 Å². The van der Waals surface area contributed by atoms with Crippen LogP contribution in [0.3, 0.4) is 0 Å². The summed E-state index contributed by atoms with van der Waals surface area (Å²) in [4.78, 5) is 5.47. The number of nitrogens with two attached hydrogens (primary N) is 1. The fraction of sp³-hybridized carbons (Fsp3) is 0.250. The standard InChI is InChI=1S/C16H17N3OS/c1-8-5-6-12(7-9(8)2)13-14(19-20-16(13)17)15-10(3)18-11(4)21-15/h5-7H,17H2,1-4H3. The zero-order valence-electron chi connectivity index (χ0n) is 12.5. The molecule has 0 amide bonds. The van der Waals surface area contributed by atoms with E-state index in [4.69, 9.17) is 10.3 Å². The first-order valence-electron chi connectivity index (χ1n) is 6.74. The highest BCUT2D eigenvalue weighted by atomic mass is 32.1. The first kappa shape index (κ1) is 13.8. The molecule has 0 bridgehead atoms. The molecule has 0 aliphatic heterocycles. The van der Waals surface area contributed by atoms with Crippen molar-refractivity contribution in [1.82, 2.24) is 10.1 Å². The van der Waals surface area contributed by atoms with Gasteiger partial charge in [0.05, 0.1) is 21.1 Å². The van der Waals surface area contributed by atoms with Gasteiger partial charge in [0.25, 0.3) is 0 Å². The van der Waals surface area contributed by atoms with Gasteiger partial charge in [-0.15, -0.1) is 11.3 Å². The molecule has 0 saturated carbocycles. The number of nitrogens with zero attached hydrogens (tertiary/aromatic N) is 2. The zero-order chi connectivity index (χ0) is 15.1. The van der Waals surface area contributed by atoms with Crippen LogP contribution in [-0.2, 0) is 0 Å². The fourth-order valence-corrected chi connectivity index (χ4v) is 3.29. The highest BCUT2D eigenvalue weighted by Gasteiger charge is 2.21. The maximum Gasteiger partial charge on any atom is 0.230 e. The van der Waals surface area contributed by atoms with Crippen LogP contribution in [0.2, 0.25) is 0 Å². The van der Waals surface area contributed by atoms with Gasteiger partial charge in [0.2, 0.25) is 5.88 Å². The Labute approximate surface area is 127 Å². The Balaban J connectivity index is 2.21. The average molecular weight is 299 g/mol. The largest absolute Gasteiger partial charge is 0.367 e. The summed E-state index contributed by atoms with van der Waals surface area (Å²) in [5, 5.41) is 5.17. The van der Waals surface area contributed by atoms with Crippen LogP contribution in [0.5, 0.6) is 0 Å². The van der Waals surface area contributed by atoms with Crippen molar-refractivity contribution in [3.8, 4) is 21.7 Å². The van der Waals surface area contributed by atoms with Gasteiger partial charge in [-0.1, -0.05) is 23.4 Å². The number of rotatable bonds is 2. The van der Waals surface area contributed by atoms with Gasteiger partial charge in [-0.25, -0.2) is 4.98 Å². The van der Waals surface area contributed by atoms with E-state index in [-0.39, 0.29) is 0 Å². The Morgan fingerprint density at radius 3 is 2.48 bits per heavy atom. The molecule has 2 aromatic heterocycles. The number of anilines is 1. The number of benzene rings is 1. The van der Waals surface area contributed by atoms with Crippen molar-refractivity contribution < 1.29 is 4.52 Å². The topological polar surface area (TPSA) is 64.9 Å². The van der Waals surface area contributed by atoms with Crippen molar-refractivity contribution in [2.75, 3.05) is 5.73 Å². The van der Waals surface area contributed by atoms with Crippen LogP contribution in [0.25, 0.3) is 21.7 Å². The predicted molar refractivity (Wildman–Crippen MR) is 86.4 cm³/mol. The maximum absolute atomic E-state index is 6.01. The SMILES string of the molecule is Cc1nc(C)c(-c2noc(N)c2-c2ccc(C)c(C)c2)s1. The van der Waals surface area contributed by atoms with E-state index in [0.29, 0.717) is 5.88 Å². The number of hydrogen-bond donors (Lipinski definition) is 1. The van der Waals surface area contributed by atoms with Gasteiger partial charge in [-0.05, 0) is 44.4 Å². The van der Waals surface area contributed by atoms with Crippen molar-refractivity contribution in [2.45, 2.75) is 27.7 Å². The third kappa shape index (κ3) is 2.34. The highest BCUT2D eigenvalue weighted by molar-refractivity contribution is 7.15. The van der Waals surface area contributed by atoms with Crippen LogP contribution in [0.4, 0.5) is 5.88 Å². The Bertz CT molecular complexity index is 817. The van der Waals surface area contributed by atoms with Crippen molar-refractivity contribution in [1.29, 1.82) is 0 Å². The summed E-state index contributed by atoms with van der Waals surface area (Å²) >= 11 is 1.61. The van der Waals surface area contributed by atoms with Crippen LogP contribution in [0.1, 0.15) is 21.8 Å². The molecular weight excluding hydrogens is 282 g/mol. The average Bonchev–Trinajstić information content (AvgIpc) is 2.95. The minimum Gasteiger partial charge on any atom is -0.367 e. The van der Waals surface area contributed by atoms with Gasteiger partial charge in [-0.3, -0.25) is 0 Å². The minimum atomic E-state index is 0.346. The molecule has 0 spiro atoms. The summed E-state index contributed by atoms with van der Waals surface area (Å²) in [5.41, 5.74) is 12.1. The maximum atomic E-state index is 6.01. The molecule has 0 atom stereocenters. The van der Waals surface area contributed by atoms with Gasteiger partial charge in [0, 0.05) is 0 Å². The third-order valence-corrected chi connectivity index (χ3v) is 4.71. The second-order valence-corrected chi connectivity index (χ2v) is 6.42. The van der Waals surface area contributed by atoms with E-state index in [9.17, 15) is 0 Å². The molecule has 5 heteroatoms. The number of aryl methyl sites for hydroxylation is 4. The van der Waals surface area contributed by atoms with Gasteiger partial charge < -0.3 is 10.3 Å². The molecule has 0 aliphatic rings. The van der Waals surface area contributed by atoms with E-state index in [0.717, 1.165) is 32.4 Å². The second-order valence-electron chi connectivity index (χ2n) is 5.22. The molecule has 2 N–H and O–H groups in total. The lowest BCUT2D eigenvalue weighted by Gasteiger charge is -2.05. The molecule has 0 aliphatic carbocycles. The molecule has 4 nitrogen and oxygen atoms in total. The van der Waals surface area contributed by atoms with E-state index in [2.05, 4.69) is 42.2 Å². The fourth-order valence-electron chi connectivity index (χ4n) is 2.38. The first-order valence-corrected chi connectivity index (χ1v) is 7.56. The normalized spacial score (nSPS) is 11.0. The number of nitrogen functional groups attached to an aromatic ring is 1. The van der Waals surface area contributed by atoms with Gasteiger partial charge in [-0.2, -0.15) is 0 Å². The van der Waals surface area contributed by atoms with Gasteiger partial charge in [0.1, 0.15) is 5.69 Å². The Morgan fingerprint density at radius 1 is 1.10 bits per heavy atom. The van der Waals surface area contributed by atoms with Crippen LogP contribution in [0.15, 0.2) is 22.7 Å². The molecule has 0 radical (unpaired) electrons. The number of hydrogen-bond acceptors (Lipinski definition) is 5. The third-order valence-electron chi connectivity index (χ3n) is 3.63. The number of thiazole rings is 1. The van der Waals surface area contributed by atoms with E-state index < -0.39 is 0 Å². The van der Waals surface area contributed by atoms with Crippen LogP contribution in [0, 0.1) is 27.7 Å². The molecule has 0 fully saturated rings. The molecule has 21 heavy (non-hydrogen) atoms. The summed E-state index contributed by atoms with van der Waals surface area (Å²) in [5.74, 6) is 0.346. The first-order chi connectivity index (χ1) is 9.97. The van der Waals surface area contributed by atoms with Crippen molar-refractivity contribution in [2.24, 2.45) is 0 Å².